The van der Waals surface area contributed by atoms with Gasteiger partial charge in [-0.2, -0.15) is 0 Å². The number of piperidine rings is 1. The Labute approximate surface area is 194 Å². The molecular formula is C26H32F2N2O3. The molecule has 2 heterocycles. The zero-order valence-corrected chi connectivity index (χ0v) is 19.1. The molecule has 178 valence electrons. The summed E-state index contributed by atoms with van der Waals surface area (Å²) >= 11 is 0. The molecule has 4 rings (SSSR count). The maximum Gasteiger partial charge on any atom is 0.257 e. The predicted molar refractivity (Wildman–Crippen MR) is 122 cm³/mol. The number of benzene rings is 2. The van der Waals surface area contributed by atoms with E-state index in [9.17, 15) is 13.6 Å². The quantitative estimate of drug-likeness (QED) is 0.679. The van der Waals surface area contributed by atoms with Crippen molar-refractivity contribution in [3.8, 4) is 5.75 Å². The second-order valence-electron chi connectivity index (χ2n) is 8.90. The molecule has 7 heteroatoms. The zero-order valence-electron chi connectivity index (χ0n) is 19.1. The number of rotatable bonds is 3. The van der Waals surface area contributed by atoms with Gasteiger partial charge >= 0.3 is 0 Å². The third-order valence-electron chi connectivity index (χ3n) is 6.76. The molecule has 0 aromatic heterocycles. The van der Waals surface area contributed by atoms with Gasteiger partial charge in [0.2, 0.25) is 0 Å². The second-order valence-corrected chi connectivity index (χ2v) is 8.90. The zero-order chi connectivity index (χ0) is 23.2. The number of nitrogens with zero attached hydrogens (tertiary/aromatic N) is 2. The first-order valence-corrected chi connectivity index (χ1v) is 11.8. The Balaban J connectivity index is 1.54. The third kappa shape index (κ3) is 5.71. The van der Waals surface area contributed by atoms with Crippen LogP contribution in [0.15, 0.2) is 42.5 Å². The van der Waals surface area contributed by atoms with Gasteiger partial charge in [-0.3, -0.25) is 9.69 Å². The largest absolute Gasteiger partial charge is 0.491 e. The van der Waals surface area contributed by atoms with E-state index >= 15 is 0 Å². The van der Waals surface area contributed by atoms with Gasteiger partial charge in [0.25, 0.3) is 5.91 Å². The van der Waals surface area contributed by atoms with Gasteiger partial charge in [-0.05, 0) is 44.0 Å². The molecule has 0 spiro atoms. The van der Waals surface area contributed by atoms with Crippen LogP contribution in [-0.4, -0.2) is 61.7 Å². The van der Waals surface area contributed by atoms with E-state index in [0.29, 0.717) is 49.7 Å². The predicted octanol–water partition coefficient (Wildman–Crippen LogP) is 4.51. The first-order valence-electron chi connectivity index (χ1n) is 11.8. The summed E-state index contributed by atoms with van der Waals surface area (Å²) in [4.78, 5) is 17.3. The van der Waals surface area contributed by atoms with Crippen LogP contribution in [-0.2, 0) is 11.3 Å². The molecule has 0 N–H and O–H groups in total. The molecule has 2 aliphatic rings. The maximum absolute atomic E-state index is 14.3. The lowest BCUT2D eigenvalue weighted by Gasteiger charge is -2.38. The van der Waals surface area contributed by atoms with Gasteiger partial charge < -0.3 is 14.4 Å². The molecule has 0 saturated carbocycles. The number of hydrogen-bond donors (Lipinski definition) is 0. The van der Waals surface area contributed by atoms with Gasteiger partial charge in [-0.1, -0.05) is 30.7 Å². The molecule has 1 fully saturated rings. The number of amides is 1. The van der Waals surface area contributed by atoms with Crippen molar-refractivity contribution in [2.45, 2.75) is 38.3 Å². The Hall–Kier alpha value is -2.51. The Bertz CT molecular complexity index is 955. The summed E-state index contributed by atoms with van der Waals surface area (Å²) in [6.07, 6.45) is 3.83. The molecule has 2 bridgehead atoms. The van der Waals surface area contributed by atoms with Crippen LogP contribution in [0.4, 0.5) is 8.78 Å². The van der Waals surface area contributed by atoms with Crippen molar-refractivity contribution in [1.82, 2.24) is 9.80 Å². The maximum atomic E-state index is 14.3. The van der Waals surface area contributed by atoms with Crippen molar-refractivity contribution in [2.24, 2.45) is 5.92 Å². The van der Waals surface area contributed by atoms with E-state index in [1.807, 2.05) is 23.1 Å². The normalized spacial score (nSPS) is 22.9. The molecule has 0 radical (unpaired) electrons. The minimum absolute atomic E-state index is 0.0131. The van der Waals surface area contributed by atoms with Gasteiger partial charge in [-0.25, -0.2) is 8.78 Å². The molecule has 0 aliphatic carbocycles. The number of fused-ring (bicyclic) bond motifs is 3. The molecule has 2 aliphatic heterocycles. The summed E-state index contributed by atoms with van der Waals surface area (Å²) in [6.45, 7) is 3.32. The number of carbonyl (C=O) groups excluding carboxylic acids is 1. The molecule has 5 nitrogen and oxygen atoms in total. The minimum Gasteiger partial charge on any atom is -0.491 e. The van der Waals surface area contributed by atoms with E-state index in [1.54, 1.807) is 19.2 Å². The first kappa shape index (κ1) is 23.6. The van der Waals surface area contributed by atoms with E-state index < -0.39 is 11.6 Å². The van der Waals surface area contributed by atoms with E-state index in [0.717, 1.165) is 38.3 Å². The van der Waals surface area contributed by atoms with Crippen LogP contribution >= 0.6 is 0 Å². The summed E-state index contributed by atoms with van der Waals surface area (Å²) < 4.78 is 39.7. The topological polar surface area (TPSA) is 42.0 Å². The summed E-state index contributed by atoms with van der Waals surface area (Å²) in [5.41, 5.74) is 0.904. The van der Waals surface area contributed by atoms with E-state index in [2.05, 4.69) is 4.90 Å². The lowest BCUT2D eigenvalue weighted by molar-refractivity contribution is -0.00702. The Kier molecular flexibility index (Phi) is 7.93. The molecule has 2 aromatic rings. The van der Waals surface area contributed by atoms with Crippen LogP contribution in [0.3, 0.4) is 0 Å². The highest BCUT2D eigenvalue weighted by molar-refractivity contribution is 5.97. The first-order chi connectivity index (χ1) is 16.1. The third-order valence-corrected chi connectivity index (χ3v) is 6.76. The van der Waals surface area contributed by atoms with Crippen molar-refractivity contribution >= 4 is 5.91 Å². The van der Waals surface area contributed by atoms with E-state index in [-0.39, 0.29) is 17.9 Å². The van der Waals surface area contributed by atoms with Crippen LogP contribution < -0.4 is 4.74 Å². The SMILES string of the molecule is CO[C@@H]1CCN2C[C@@H]1CCCCN(Cc1cccc(F)c1F)CCOc1ccccc1C2=O. The molecule has 2 aromatic carbocycles. The van der Waals surface area contributed by atoms with Crippen molar-refractivity contribution < 1.29 is 23.0 Å². The standard InChI is InChI=1S/C26H32F2N2O3/c1-32-23-12-14-30-18-19(23)7-4-5-13-29(17-20-8-6-10-22(27)25(20)28)15-16-33-24-11-3-2-9-21(24)26(30)31/h2-3,6,8-11,19,23H,4-5,7,12-18H2,1H3/t19-,23+/m0/s1. The van der Waals surface area contributed by atoms with Crippen molar-refractivity contribution in [2.75, 3.05) is 39.9 Å². The van der Waals surface area contributed by atoms with Crippen LogP contribution in [0.1, 0.15) is 41.6 Å². The number of ether oxygens (including phenoxy) is 2. The highest BCUT2D eigenvalue weighted by Crippen LogP contribution is 2.28. The minimum atomic E-state index is -0.828. The lowest BCUT2D eigenvalue weighted by atomic mass is 9.89. The number of carbonyl (C=O) groups is 1. The second kappa shape index (κ2) is 11.1. The van der Waals surface area contributed by atoms with Crippen LogP contribution in [0.5, 0.6) is 5.75 Å². The number of para-hydroxylation sites is 1. The summed E-state index contributed by atoms with van der Waals surface area (Å²) in [5.74, 6) is -0.801. The Morgan fingerprint density at radius 2 is 1.88 bits per heavy atom. The molecule has 2 atom stereocenters. The lowest BCUT2D eigenvalue weighted by Crippen LogP contribution is -2.46. The number of hydrogen-bond acceptors (Lipinski definition) is 4. The monoisotopic (exact) mass is 458 g/mol. The smallest absolute Gasteiger partial charge is 0.257 e. The Morgan fingerprint density at radius 3 is 2.73 bits per heavy atom. The molecule has 1 saturated heterocycles. The van der Waals surface area contributed by atoms with Crippen LogP contribution in [0, 0.1) is 17.6 Å². The van der Waals surface area contributed by atoms with Crippen molar-refractivity contribution in [1.29, 1.82) is 0 Å². The average molecular weight is 459 g/mol. The van der Waals surface area contributed by atoms with Crippen LogP contribution in [0.2, 0.25) is 0 Å². The van der Waals surface area contributed by atoms with Crippen LogP contribution in [0.25, 0.3) is 0 Å². The molecular weight excluding hydrogens is 426 g/mol. The molecule has 33 heavy (non-hydrogen) atoms. The molecule has 1 amide bonds. The fourth-order valence-corrected chi connectivity index (χ4v) is 4.93. The fourth-order valence-electron chi connectivity index (χ4n) is 4.93. The summed E-state index contributed by atoms with van der Waals surface area (Å²) in [5, 5.41) is 0. The average Bonchev–Trinajstić information content (AvgIpc) is 2.83. The van der Waals surface area contributed by atoms with Gasteiger partial charge in [-0.15, -0.1) is 0 Å². The van der Waals surface area contributed by atoms with Gasteiger partial charge in [0, 0.05) is 44.8 Å². The number of methoxy groups -OCH3 is 1. The van der Waals surface area contributed by atoms with Crippen molar-refractivity contribution in [3.05, 3.63) is 65.2 Å². The Morgan fingerprint density at radius 1 is 1.03 bits per heavy atom. The van der Waals surface area contributed by atoms with Crippen molar-refractivity contribution in [3.63, 3.8) is 0 Å². The van der Waals surface area contributed by atoms with Gasteiger partial charge in [0.1, 0.15) is 12.4 Å². The highest BCUT2D eigenvalue weighted by Gasteiger charge is 2.32. The fraction of sp³-hybridized carbons (Fsp3) is 0.500. The van der Waals surface area contributed by atoms with E-state index in [1.165, 1.54) is 6.07 Å². The van der Waals surface area contributed by atoms with Gasteiger partial charge in [0.15, 0.2) is 11.6 Å². The number of halogens is 2. The van der Waals surface area contributed by atoms with E-state index in [4.69, 9.17) is 9.47 Å². The summed E-state index contributed by atoms with van der Waals surface area (Å²) in [7, 11) is 1.74. The van der Waals surface area contributed by atoms with Gasteiger partial charge in [0.05, 0.1) is 11.7 Å². The summed E-state index contributed by atoms with van der Waals surface area (Å²) in [6, 6.07) is 11.6. The molecule has 0 unspecified atom stereocenters. The highest BCUT2D eigenvalue weighted by atomic mass is 19.2.